The molecule has 0 radical (unpaired) electrons. The fourth-order valence-corrected chi connectivity index (χ4v) is 4.97. The first-order valence-electron chi connectivity index (χ1n) is 9.15. The van der Waals surface area contributed by atoms with Gasteiger partial charge < -0.3 is 10.6 Å². The summed E-state index contributed by atoms with van der Waals surface area (Å²) < 4.78 is 26.8. The fourth-order valence-electron chi connectivity index (χ4n) is 3.45. The molecule has 0 aliphatic carbocycles. The van der Waals surface area contributed by atoms with Crippen LogP contribution in [0.25, 0.3) is 0 Å². The monoisotopic (exact) mass is 365 g/mol. The standard InChI is InChI=1S/C18H27N3O3S/c22-18(20-14-16-5-4-10-19-16)13-15-6-8-17(9-7-15)25(23,24)21-11-2-1-3-12-21/h6-9,16,19H,1-5,10-14H2,(H,20,22). The highest BCUT2D eigenvalue weighted by molar-refractivity contribution is 7.89. The highest BCUT2D eigenvalue weighted by Crippen LogP contribution is 2.21. The van der Waals surface area contributed by atoms with Gasteiger partial charge >= 0.3 is 0 Å². The normalized spacial score (nSPS) is 22.0. The molecule has 1 unspecified atom stereocenters. The average molecular weight is 365 g/mol. The predicted octanol–water partition coefficient (Wildman–Crippen LogP) is 1.27. The van der Waals surface area contributed by atoms with Gasteiger partial charge in [0.1, 0.15) is 0 Å². The summed E-state index contributed by atoms with van der Waals surface area (Å²) in [6, 6.07) is 7.09. The summed E-state index contributed by atoms with van der Waals surface area (Å²) in [5.74, 6) is -0.0275. The minimum atomic E-state index is -3.40. The number of nitrogens with one attached hydrogen (secondary N) is 2. The summed E-state index contributed by atoms with van der Waals surface area (Å²) in [4.78, 5) is 12.3. The van der Waals surface area contributed by atoms with Crippen molar-refractivity contribution in [1.82, 2.24) is 14.9 Å². The summed E-state index contributed by atoms with van der Waals surface area (Å²) in [7, 11) is -3.40. The number of amides is 1. The van der Waals surface area contributed by atoms with Crippen molar-refractivity contribution in [3.63, 3.8) is 0 Å². The Labute approximate surface area is 150 Å². The number of carbonyl (C=O) groups is 1. The van der Waals surface area contributed by atoms with Crippen LogP contribution < -0.4 is 10.6 Å². The van der Waals surface area contributed by atoms with Crippen LogP contribution in [0.2, 0.25) is 0 Å². The van der Waals surface area contributed by atoms with Crippen molar-refractivity contribution >= 4 is 15.9 Å². The molecule has 1 atom stereocenters. The summed E-state index contributed by atoms with van der Waals surface area (Å²) in [6.07, 6.45) is 5.48. The molecule has 0 bridgehead atoms. The van der Waals surface area contributed by atoms with Crippen molar-refractivity contribution in [3.8, 4) is 0 Å². The maximum Gasteiger partial charge on any atom is 0.243 e. The maximum atomic E-state index is 12.6. The molecule has 1 aromatic rings. The van der Waals surface area contributed by atoms with Gasteiger partial charge in [0.05, 0.1) is 11.3 Å². The zero-order chi connectivity index (χ0) is 17.7. The number of sulfonamides is 1. The number of benzene rings is 1. The molecule has 7 heteroatoms. The second-order valence-corrected chi connectivity index (χ2v) is 8.82. The third kappa shape index (κ3) is 4.80. The van der Waals surface area contributed by atoms with E-state index in [1.165, 1.54) is 0 Å². The van der Waals surface area contributed by atoms with Gasteiger partial charge in [-0.3, -0.25) is 4.79 Å². The molecule has 1 amide bonds. The predicted molar refractivity (Wildman–Crippen MR) is 96.8 cm³/mol. The second kappa shape index (κ2) is 8.29. The maximum absolute atomic E-state index is 12.6. The number of carbonyl (C=O) groups excluding carboxylic acids is 1. The fraction of sp³-hybridized carbons (Fsp3) is 0.611. The minimum absolute atomic E-state index is 0.0275. The average Bonchev–Trinajstić information content (AvgIpc) is 3.15. The van der Waals surface area contributed by atoms with E-state index in [1.54, 1.807) is 28.6 Å². The molecule has 2 N–H and O–H groups in total. The third-order valence-electron chi connectivity index (χ3n) is 4.95. The lowest BCUT2D eigenvalue weighted by Crippen LogP contribution is -2.37. The summed E-state index contributed by atoms with van der Waals surface area (Å²) in [5, 5.41) is 6.29. The number of nitrogens with zero attached hydrogens (tertiary/aromatic N) is 1. The quantitative estimate of drug-likeness (QED) is 0.796. The molecule has 3 rings (SSSR count). The lowest BCUT2D eigenvalue weighted by Gasteiger charge is -2.25. The Kier molecular flexibility index (Phi) is 6.09. The first-order chi connectivity index (χ1) is 12.1. The molecular weight excluding hydrogens is 338 g/mol. The second-order valence-electron chi connectivity index (χ2n) is 6.88. The largest absolute Gasteiger partial charge is 0.354 e. The van der Waals surface area contributed by atoms with Crippen LogP contribution in [0.5, 0.6) is 0 Å². The topological polar surface area (TPSA) is 78.5 Å². The van der Waals surface area contributed by atoms with E-state index in [4.69, 9.17) is 0 Å². The first-order valence-corrected chi connectivity index (χ1v) is 10.6. The van der Waals surface area contributed by atoms with Crippen LogP contribution in [0.15, 0.2) is 29.2 Å². The third-order valence-corrected chi connectivity index (χ3v) is 6.86. The van der Waals surface area contributed by atoms with Gasteiger partial charge in [0.15, 0.2) is 0 Å². The highest BCUT2D eigenvalue weighted by atomic mass is 32.2. The van der Waals surface area contributed by atoms with Crippen LogP contribution in [0.3, 0.4) is 0 Å². The summed E-state index contributed by atoms with van der Waals surface area (Å²) in [6.45, 7) is 2.87. The van der Waals surface area contributed by atoms with Gasteiger partial charge in [0.25, 0.3) is 0 Å². The van der Waals surface area contributed by atoms with Crippen LogP contribution in [-0.2, 0) is 21.2 Å². The van der Waals surface area contributed by atoms with E-state index >= 15 is 0 Å². The molecule has 25 heavy (non-hydrogen) atoms. The smallest absolute Gasteiger partial charge is 0.243 e. The zero-order valence-corrected chi connectivity index (χ0v) is 15.4. The molecule has 2 heterocycles. The van der Waals surface area contributed by atoms with Crippen LogP contribution >= 0.6 is 0 Å². The molecule has 2 aliphatic heterocycles. The molecule has 6 nitrogen and oxygen atoms in total. The lowest BCUT2D eigenvalue weighted by atomic mass is 10.1. The Morgan fingerprint density at radius 2 is 1.84 bits per heavy atom. The van der Waals surface area contributed by atoms with E-state index in [2.05, 4.69) is 10.6 Å². The van der Waals surface area contributed by atoms with Crippen molar-refractivity contribution in [2.75, 3.05) is 26.2 Å². The van der Waals surface area contributed by atoms with Gasteiger partial charge in [0, 0.05) is 25.7 Å². The molecule has 2 saturated heterocycles. The number of piperidine rings is 1. The van der Waals surface area contributed by atoms with E-state index in [9.17, 15) is 13.2 Å². The lowest BCUT2D eigenvalue weighted by molar-refractivity contribution is -0.120. The first kappa shape index (κ1) is 18.4. The van der Waals surface area contributed by atoms with Crippen molar-refractivity contribution < 1.29 is 13.2 Å². The molecule has 2 aliphatic rings. The Morgan fingerprint density at radius 1 is 1.12 bits per heavy atom. The van der Waals surface area contributed by atoms with Gasteiger partial charge in [-0.2, -0.15) is 4.31 Å². The van der Waals surface area contributed by atoms with Gasteiger partial charge in [-0.05, 0) is 49.9 Å². The summed E-state index contributed by atoms with van der Waals surface area (Å²) in [5.41, 5.74) is 0.828. The molecular formula is C18H27N3O3S. The van der Waals surface area contributed by atoms with Crippen molar-refractivity contribution in [2.24, 2.45) is 0 Å². The summed E-state index contributed by atoms with van der Waals surface area (Å²) >= 11 is 0. The SMILES string of the molecule is O=C(Cc1ccc(S(=O)(=O)N2CCCCC2)cc1)NCC1CCCN1. The highest BCUT2D eigenvalue weighted by Gasteiger charge is 2.25. The molecule has 138 valence electrons. The molecule has 0 spiro atoms. The van der Waals surface area contributed by atoms with E-state index < -0.39 is 10.0 Å². The minimum Gasteiger partial charge on any atom is -0.354 e. The molecule has 0 saturated carbocycles. The Hall–Kier alpha value is -1.44. The van der Waals surface area contributed by atoms with Crippen LogP contribution in [0, 0.1) is 0 Å². The van der Waals surface area contributed by atoms with Gasteiger partial charge in [0.2, 0.25) is 15.9 Å². The number of hydrogen-bond donors (Lipinski definition) is 2. The molecule has 0 aromatic heterocycles. The van der Waals surface area contributed by atoms with E-state index in [0.717, 1.165) is 44.2 Å². The zero-order valence-electron chi connectivity index (χ0n) is 14.5. The van der Waals surface area contributed by atoms with Crippen LogP contribution in [0.4, 0.5) is 0 Å². The van der Waals surface area contributed by atoms with E-state index in [0.29, 0.717) is 30.6 Å². The number of hydrogen-bond acceptors (Lipinski definition) is 4. The Balaban J connectivity index is 1.55. The molecule has 1 aromatic carbocycles. The van der Waals surface area contributed by atoms with Crippen LogP contribution in [-0.4, -0.2) is 50.9 Å². The number of rotatable bonds is 6. The Bertz CT molecular complexity index is 676. The Morgan fingerprint density at radius 3 is 2.48 bits per heavy atom. The van der Waals surface area contributed by atoms with E-state index in [-0.39, 0.29) is 12.3 Å². The van der Waals surface area contributed by atoms with Crippen molar-refractivity contribution in [1.29, 1.82) is 0 Å². The van der Waals surface area contributed by atoms with E-state index in [1.807, 2.05) is 0 Å². The van der Waals surface area contributed by atoms with Gasteiger partial charge in [-0.15, -0.1) is 0 Å². The molecule has 2 fully saturated rings. The van der Waals surface area contributed by atoms with Crippen molar-refractivity contribution in [3.05, 3.63) is 29.8 Å². The van der Waals surface area contributed by atoms with Gasteiger partial charge in [-0.25, -0.2) is 8.42 Å². The van der Waals surface area contributed by atoms with Crippen LogP contribution in [0.1, 0.15) is 37.7 Å². The van der Waals surface area contributed by atoms with Gasteiger partial charge in [-0.1, -0.05) is 18.6 Å². The van der Waals surface area contributed by atoms with Crippen molar-refractivity contribution in [2.45, 2.75) is 49.5 Å².